The lowest BCUT2D eigenvalue weighted by atomic mass is 10.3. The molecular weight excluding hydrogens is 226 g/mol. The monoisotopic (exact) mass is 245 g/mol. The molecule has 0 unspecified atom stereocenters. The highest BCUT2D eigenvalue weighted by atomic mass is 15.2. The fraction of sp³-hybridized carbons (Fsp3) is 0.462. The van der Waals surface area contributed by atoms with Crippen LogP contribution in [0.5, 0.6) is 0 Å². The quantitative estimate of drug-likeness (QED) is 0.837. The topological polar surface area (TPSA) is 67.9 Å². The fourth-order valence-electron chi connectivity index (χ4n) is 1.87. The van der Waals surface area contributed by atoms with Crippen LogP contribution in [0.3, 0.4) is 0 Å². The van der Waals surface area contributed by atoms with E-state index in [0.717, 1.165) is 37.3 Å². The molecule has 18 heavy (non-hydrogen) atoms. The summed E-state index contributed by atoms with van der Waals surface area (Å²) in [5, 5.41) is 0. The molecule has 2 aromatic rings. The Hall–Kier alpha value is -1.75. The molecule has 0 radical (unpaired) electrons. The van der Waals surface area contributed by atoms with E-state index in [1.54, 1.807) is 12.4 Å². The first-order valence-corrected chi connectivity index (χ1v) is 6.38. The second-order valence-electron chi connectivity index (χ2n) is 4.20. The van der Waals surface area contributed by atoms with E-state index in [0.29, 0.717) is 12.2 Å². The smallest absolute Gasteiger partial charge is 0.180 e. The third-order valence-electron chi connectivity index (χ3n) is 2.82. The van der Waals surface area contributed by atoms with Gasteiger partial charge in [0.05, 0.1) is 0 Å². The van der Waals surface area contributed by atoms with Crippen LogP contribution in [0, 0.1) is 0 Å². The van der Waals surface area contributed by atoms with E-state index in [4.69, 9.17) is 5.73 Å². The van der Waals surface area contributed by atoms with Crippen LogP contribution in [0.25, 0.3) is 11.2 Å². The van der Waals surface area contributed by atoms with Crippen LogP contribution in [0.2, 0.25) is 0 Å². The second-order valence-corrected chi connectivity index (χ2v) is 4.20. The van der Waals surface area contributed by atoms with Crippen molar-refractivity contribution in [3.05, 3.63) is 24.5 Å². The van der Waals surface area contributed by atoms with Crippen molar-refractivity contribution >= 4 is 17.0 Å². The number of aromatic nitrogens is 3. The highest BCUT2D eigenvalue weighted by molar-refractivity contribution is 5.71. The molecule has 96 valence electrons. The summed E-state index contributed by atoms with van der Waals surface area (Å²) in [7, 11) is 0. The summed E-state index contributed by atoms with van der Waals surface area (Å²) in [5.74, 6) is 0.932. The molecule has 0 spiro atoms. The van der Waals surface area contributed by atoms with Gasteiger partial charge in [-0.25, -0.2) is 9.97 Å². The average Bonchev–Trinajstić information content (AvgIpc) is 2.43. The van der Waals surface area contributed by atoms with Gasteiger partial charge in [-0.2, -0.15) is 0 Å². The highest BCUT2D eigenvalue weighted by Crippen LogP contribution is 2.15. The summed E-state index contributed by atoms with van der Waals surface area (Å²) in [5.41, 5.74) is 7.17. The maximum absolute atomic E-state index is 5.65. The van der Waals surface area contributed by atoms with Gasteiger partial charge in [-0.15, -0.1) is 0 Å². The van der Waals surface area contributed by atoms with Gasteiger partial charge in [-0.05, 0) is 18.6 Å². The Bertz CT molecular complexity index is 499. The number of nitrogens with two attached hydrogens (primary N) is 1. The van der Waals surface area contributed by atoms with Crippen LogP contribution < -0.4 is 10.6 Å². The summed E-state index contributed by atoms with van der Waals surface area (Å²) >= 11 is 0. The molecule has 0 saturated heterocycles. The van der Waals surface area contributed by atoms with Crippen LogP contribution in [0.4, 0.5) is 5.82 Å². The Labute approximate surface area is 107 Å². The molecular formula is C13H19N5. The SMILES string of the molecule is CCCCN(CCN)c1ccc2nccnc2n1. The maximum Gasteiger partial charge on any atom is 0.180 e. The molecule has 2 N–H and O–H groups in total. The standard InChI is InChI=1S/C13H19N5/c1-2-3-9-18(10-6-14)12-5-4-11-13(17-12)16-8-7-15-11/h4-5,7-8H,2-3,6,9-10,14H2,1H3. The predicted octanol–water partition coefficient (Wildman–Crippen LogP) is 1.59. The van der Waals surface area contributed by atoms with Gasteiger partial charge in [0, 0.05) is 32.0 Å². The van der Waals surface area contributed by atoms with E-state index in [2.05, 4.69) is 26.8 Å². The first-order chi connectivity index (χ1) is 8.85. The van der Waals surface area contributed by atoms with E-state index in [-0.39, 0.29) is 0 Å². The Morgan fingerprint density at radius 1 is 1.17 bits per heavy atom. The van der Waals surface area contributed by atoms with Crippen molar-refractivity contribution in [2.75, 3.05) is 24.5 Å². The summed E-state index contributed by atoms with van der Waals surface area (Å²) < 4.78 is 0. The molecule has 2 aromatic heterocycles. The molecule has 0 atom stereocenters. The van der Waals surface area contributed by atoms with Crippen LogP contribution >= 0.6 is 0 Å². The Kier molecular flexibility index (Phi) is 4.41. The molecule has 0 fully saturated rings. The average molecular weight is 245 g/mol. The summed E-state index contributed by atoms with van der Waals surface area (Å²) in [6.07, 6.45) is 5.64. The summed E-state index contributed by atoms with van der Waals surface area (Å²) in [4.78, 5) is 15.2. The van der Waals surface area contributed by atoms with Crippen molar-refractivity contribution in [2.45, 2.75) is 19.8 Å². The number of anilines is 1. The number of hydrogen-bond donors (Lipinski definition) is 1. The minimum absolute atomic E-state index is 0.629. The van der Waals surface area contributed by atoms with Crippen LogP contribution in [-0.2, 0) is 0 Å². The minimum Gasteiger partial charge on any atom is -0.355 e. The molecule has 0 aliphatic carbocycles. The molecule has 0 saturated carbocycles. The van der Waals surface area contributed by atoms with Crippen molar-refractivity contribution in [3.8, 4) is 0 Å². The molecule has 0 bridgehead atoms. The van der Waals surface area contributed by atoms with Crippen molar-refractivity contribution in [3.63, 3.8) is 0 Å². The van der Waals surface area contributed by atoms with E-state index >= 15 is 0 Å². The second kappa shape index (κ2) is 6.26. The molecule has 5 heteroatoms. The van der Waals surface area contributed by atoms with Crippen molar-refractivity contribution in [1.82, 2.24) is 15.0 Å². The Balaban J connectivity index is 2.25. The summed E-state index contributed by atoms with van der Waals surface area (Å²) in [6, 6.07) is 3.95. The third-order valence-corrected chi connectivity index (χ3v) is 2.82. The van der Waals surface area contributed by atoms with E-state index in [1.165, 1.54) is 0 Å². The van der Waals surface area contributed by atoms with Gasteiger partial charge >= 0.3 is 0 Å². The Morgan fingerprint density at radius 3 is 2.78 bits per heavy atom. The maximum atomic E-state index is 5.65. The minimum atomic E-state index is 0.629. The van der Waals surface area contributed by atoms with Gasteiger partial charge in [-0.1, -0.05) is 13.3 Å². The van der Waals surface area contributed by atoms with Crippen molar-refractivity contribution < 1.29 is 0 Å². The van der Waals surface area contributed by atoms with Gasteiger partial charge in [0.25, 0.3) is 0 Å². The van der Waals surface area contributed by atoms with Crippen LogP contribution in [0.1, 0.15) is 19.8 Å². The predicted molar refractivity (Wildman–Crippen MR) is 73.5 cm³/mol. The lowest BCUT2D eigenvalue weighted by Crippen LogP contribution is -2.31. The number of hydrogen-bond acceptors (Lipinski definition) is 5. The van der Waals surface area contributed by atoms with Crippen molar-refractivity contribution in [2.24, 2.45) is 5.73 Å². The van der Waals surface area contributed by atoms with Gasteiger partial charge in [0.2, 0.25) is 0 Å². The number of unbranched alkanes of at least 4 members (excludes halogenated alkanes) is 1. The lowest BCUT2D eigenvalue weighted by molar-refractivity contribution is 0.708. The fourth-order valence-corrected chi connectivity index (χ4v) is 1.87. The largest absolute Gasteiger partial charge is 0.355 e. The van der Waals surface area contributed by atoms with E-state index < -0.39 is 0 Å². The zero-order chi connectivity index (χ0) is 12.8. The van der Waals surface area contributed by atoms with E-state index in [9.17, 15) is 0 Å². The molecule has 0 aromatic carbocycles. The van der Waals surface area contributed by atoms with Gasteiger partial charge in [-0.3, -0.25) is 4.98 Å². The first kappa shape index (κ1) is 12.7. The molecule has 2 heterocycles. The molecule has 0 aliphatic heterocycles. The molecule has 0 amide bonds. The number of fused-ring (bicyclic) bond motifs is 1. The van der Waals surface area contributed by atoms with Gasteiger partial charge in [0.1, 0.15) is 11.3 Å². The van der Waals surface area contributed by atoms with Crippen molar-refractivity contribution in [1.29, 1.82) is 0 Å². The van der Waals surface area contributed by atoms with Crippen LogP contribution in [0.15, 0.2) is 24.5 Å². The van der Waals surface area contributed by atoms with Gasteiger partial charge < -0.3 is 10.6 Å². The lowest BCUT2D eigenvalue weighted by Gasteiger charge is -2.22. The number of nitrogens with zero attached hydrogens (tertiary/aromatic N) is 4. The summed E-state index contributed by atoms with van der Waals surface area (Å²) in [6.45, 7) is 4.61. The molecule has 2 rings (SSSR count). The van der Waals surface area contributed by atoms with Crippen LogP contribution in [-0.4, -0.2) is 34.6 Å². The normalized spacial score (nSPS) is 10.8. The molecule has 0 aliphatic rings. The molecule has 5 nitrogen and oxygen atoms in total. The third kappa shape index (κ3) is 2.92. The number of rotatable bonds is 6. The zero-order valence-electron chi connectivity index (χ0n) is 10.7. The van der Waals surface area contributed by atoms with E-state index in [1.807, 2.05) is 12.1 Å². The number of pyridine rings is 1. The van der Waals surface area contributed by atoms with Gasteiger partial charge in [0.15, 0.2) is 5.65 Å². The zero-order valence-corrected chi connectivity index (χ0v) is 10.7. The highest BCUT2D eigenvalue weighted by Gasteiger charge is 2.08. The first-order valence-electron chi connectivity index (χ1n) is 6.38. The Morgan fingerprint density at radius 2 is 2.00 bits per heavy atom.